The first-order valence-corrected chi connectivity index (χ1v) is 10.4. The van der Waals surface area contributed by atoms with Crippen molar-refractivity contribution in [1.29, 1.82) is 0 Å². The fourth-order valence-electron chi connectivity index (χ4n) is 2.96. The molecule has 2 amide bonds. The number of carbonyl (C=O) groups excluding carboxylic acids is 2. The average molecular weight is 441 g/mol. The molecular weight excluding hydrogens is 412 g/mol. The van der Waals surface area contributed by atoms with Gasteiger partial charge in [-0.2, -0.15) is 5.10 Å². The number of carbonyl (C=O) groups is 2. The third-order valence-electron chi connectivity index (χ3n) is 4.81. The summed E-state index contributed by atoms with van der Waals surface area (Å²) in [5, 5.41) is 23.3. The number of hydrogen-bond donors (Lipinski definition) is 4. The molecule has 4 N–H and O–H groups in total. The number of nitrogens with one attached hydrogen (secondary N) is 3. The van der Waals surface area contributed by atoms with Crippen molar-refractivity contribution in [3.63, 3.8) is 0 Å². The summed E-state index contributed by atoms with van der Waals surface area (Å²) in [4.78, 5) is 23.8. The second-order valence-corrected chi connectivity index (χ2v) is 7.51. The number of amides is 2. The third kappa shape index (κ3) is 6.98. The van der Waals surface area contributed by atoms with Gasteiger partial charge in [-0.25, -0.2) is 0 Å². The van der Waals surface area contributed by atoms with E-state index in [1.54, 1.807) is 24.3 Å². The van der Waals surface area contributed by atoms with E-state index in [1.165, 1.54) is 0 Å². The number of ether oxygens (including phenoxy) is 2. The molecule has 0 aliphatic carbocycles. The predicted molar refractivity (Wildman–Crippen MR) is 120 cm³/mol. The van der Waals surface area contributed by atoms with Crippen LogP contribution in [0.15, 0.2) is 42.5 Å². The minimum absolute atomic E-state index is 0.0650. The summed E-state index contributed by atoms with van der Waals surface area (Å²) < 4.78 is 10.9. The van der Waals surface area contributed by atoms with Crippen molar-refractivity contribution in [3.8, 4) is 11.5 Å². The van der Waals surface area contributed by atoms with E-state index in [0.29, 0.717) is 17.9 Å². The number of aromatic amines is 1. The summed E-state index contributed by atoms with van der Waals surface area (Å²) in [7, 11) is 0. The minimum atomic E-state index is -0.791. The van der Waals surface area contributed by atoms with E-state index in [-0.39, 0.29) is 38.1 Å². The van der Waals surface area contributed by atoms with E-state index in [4.69, 9.17) is 9.47 Å². The topological polar surface area (TPSA) is 126 Å². The van der Waals surface area contributed by atoms with Crippen molar-refractivity contribution in [2.75, 3.05) is 26.3 Å². The Morgan fingerprint density at radius 3 is 2.41 bits per heavy atom. The van der Waals surface area contributed by atoms with E-state index >= 15 is 0 Å². The first-order chi connectivity index (χ1) is 15.4. The summed E-state index contributed by atoms with van der Waals surface area (Å²) in [5.74, 6) is 0.530. The summed E-state index contributed by atoms with van der Waals surface area (Å²) >= 11 is 0. The minimum Gasteiger partial charge on any atom is -0.484 e. The third-order valence-corrected chi connectivity index (χ3v) is 4.81. The molecule has 0 spiro atoms. The molecule has 9 heteroatoms. The zero-order valence-corrected chi connectivity index (χ0v) is 18.2. The van der Waals surface area contributed by atoms with Crippen molar-refractivity contribution in [3.05, 3.63) is 53.7 Å². The number of nitrogens with zero attached hydrogens (tertiary/aromatic N) is 1. The fraction of sp³-hybridized carbons (Fsp3) is 0.348. The lowest BCUT2D eigenvalue weighted by molar-refractivity contribution is -0.124. The van der Waals surface area contributed by atoms with Gasteiger partial charge in [0.05, 0.1) is 11.6 Å². The standard InChI is InChI=1S/C23H28N4O5/c1-15-3-5-18(6-4-15)31-13-22(29)24-10-9-17(28)12-25-23(30)14-32-19-7-8-20-16(2)26-27-21(20)11-19/h3-8,11,17,28H,9-10,12-14H2,1-2H3,(H,24,29)(H,25,30)(H,26,27)/t17-/m0/s1. The Balaban J connectivity index is 1.27. The highest BCUT2D eigenvalue weighted by Crippen LogP contribution is 2.21. The van der Waals surface area contributed by atoms with Crippen molar-refractivity contribution in [1.82, 2.24) is 20.8 Å². The smallest absolute Gasteiger partial charge is 0.258 e. The van der Waals surface area contributed by atoms with Gasteiger partial charge in [-0.05, 0) is 44.5 Å². The molecule has 0 aliphatic heterocycles. The second-order valence-electron chi connectivity index (χ2n) is 7.51. The van der Waals surface area contributed by atoms with Gasteiger partial charge in [-0.1, -0.05) is 17.7 Å². The zero-order chi connectivity index (χ0) is 22.9. The highest BCUT2D eigenvalue weighted by molar-refractivity contribution is 5.82. The molecule has 0 saturated heterocycles. The van der Waals surface area contributed by atoms with Crippen LogP contribution in [0.3, 0.4) is 0 Å². The van der Waals surface area contributed by atoms with Crippen molar-refractivity contribution in [2.24, 2.45) is 0 Å². The van der Waals surface area contributed by atoms with Crippen molar-refractivity contribution >= 4 is 22.7 Å². The molecule has 0 bridgehead atoms. The molecule has 1 atom stereocenters. The molecule has 1 aromatic heterocycles. The first kappa shape index (κ1) is 23.1. The molecule has 0 radical (unpaired) electrons. The number of hydrogen-bond acceptors (Lipinski definition) is 6. The number of aliphatic hydroxyl groups excluding tert-OH is 1. The molecule has 3 rings (SSSR count). The second kappa shape index (κ2) is 11.1. The maximum atomic E-state index is 12.0. The maximum absolute atomic E-state index is 12.0. The normalized spacial score (nSPS) is 11.7. The molecule has 3 aromatic rings. The fourth-order valence-corrected chi connectivity index (χ4v) is 2.96. The largest absolute Gasteiger partial charge is 0.484 e. The van der Waals surface area contributed by atoms with Crippen LogP contribution in [0.1, 0.15) is 17.7 Å². The Morgan fingerprint density at radius 1 is 1.00 bits per heavy atom. The number of H-pyrrole nitrogens is 1. The lowest BCUT2D eigenvalue weighted by Crippen LogP contribution is -2.37. The molecule has 2 aromatic carbocycles. The molecule has 9 nitrogen and oxygen atoms in total. The number of aromatic nitrogens is 2. The zero-order valence-electron chi connectivity index (χ0n) is 18.2. The summed E-state index contributed by atoms with van der Waals surface area (Å²) in [6.45, 7) is 3.96. The number of benzene rings is 2. The molecule has 0 aliphatic rings. The summed E-state index contributed by atoms with van der Waals surface area (Å²) in [6.07, 6.45) is -0.493. The van der Waals surface area contributed by atoms with Crippen LogP contribution in [-0.4, -0.2) is 59.5 Å². The molecule has 32 heavy (non-hydrogen) atoms. The highest BCUT2D eigenvalue weighted by atomic mass is 16.5. The van der Waals surface area contributed by atoms with Gasteiger partial charge in [-0.15, -0.1) is 0 Å². The van der Waals surface area contributed by atoms with Crippen LogP contribution in [-0.2, 0) is 9.59 Å². The van der Waals surface area contributed by atoms with Crippen LogP contribution in [0.2, 0.25) is 0 Å². The van der Waals surface area contributed by atoms with Crippen LogP contribution >= 0.6 is 0 Å². The molecule has 170 valence electrons. The Kier molecular flexibility index (Phi) is 8.04. The Hall–Kier alpha value is -3.59. The van der Waals surface area contributed by atoms with Crippen LogP contribution in [0.5, 0.6) is 11.5 Å². The van der Waals surface area contributed by atoms with Gasteiger partial charge in [0.15, 0.2) is 13.2 Å². The predicted octanol–water partition coefficient (Wildman–Crippen LogP) is 1.62. The molecule has 1 heterocycles. The Labute approximate surface area is 186 Å². The molecular formula is C23H28N4O5. The summed E-state index contributed by atoms with van der Waals surface area (Å²) in [5.41, 5.74) is 2.84. The van der Waals surface area contributed by atoms with E-state index in [0.717, 1.165) is 22.2 Å². The lowest BCUT2D eigenvalue weighted by Gasteiger charge is -2.13. The summed E-state index contributed by atoms with van der Waals surface area (Å²) in [6, 6.07) is 12.8. The van der Waals surface area contributed by atoms with Gasteiger partial charge in [0, 0.05) is 30.2 Å². The monoisotopic (exact) mass is 440 g/mol. The molecule has 0 unspecified atom stereocenters. The van der Waals surface area contributed by atoms with Crippen LogP contribution in [0, 0.1) is 13.8 Å². The Bertz CT molecular complexity index is 1050. The van der Waals surface area contributed by atoms with Gasteiger partial charge in [0.1, 0.15) is 11.5 Å². The van der Waals surface area contributed by atoms with Gasteiger partial charge in [0.25, 0.3) is 11.8 Å². The maximum Gasteiger partial charge on any atom is 0.258 e. The van der Waals surface area contributed by atoms with Crippen molar-refractivity contribution < 1.29 is 24.2 Å². The lowest BCUT2D eigenvalue weighted by atomic mass is 10.2. The van der Waals surface area contributed by atoms with Crippen LogP contribution in [0.25, 0.3) is 10.9 Å². The van der Waals surface area contributed by atoms with Gasteiger partial charge in [-0.3, -0.25) is 14.7 Å². The number of fused-ring (bicyclic) bond motifs is 1. The average Bonchev–Trinajstić information content (AvgIpc) is 3.16. The van der Waals surface area contributed by atoms with Gasteiger partial charge in [0.2, 0.25) is 0 Å². The van der Waals surface area contributed by atoms with Crippen LogP contribution in [0.4, 0.5) is 0 Å². The number of aryl methyl sites for hydroxylation is 2. The number of rotatable bonds is 11. The molecule has 0 fully saturated rings. The Morgan fingerprint density at radius 2 is 1.66 bits per heavy atom. The first-order valence-electron chi connectivity index (χ1n) is 10.4. The highest BCUT2D eigenvalue weighted by Gasteiger charge is 2.10. The van der Waals surface area contributed by atoms with E-state index in [9.17, 15) is 14.7 Å². The van der Waals surface area contributed by atoms with Gasteiger partial charge < -0.3 is 25.2 Å². The van der Waals surface area contributed by atoms with E-state index in [2.05, 4.69) is 20.8 Å². The SMILES string of the molecule is Cc1ccc(OCC(=O)NCC[C@H](O)CNC(=O)COc2ccc3c(C)[nH]nc3c2)cc1. The number of aliphatic hydroxyl groups is 1. The van der Waals surface area contributed by atoms with Crippen LogP contribution < -0.4 is 20.1 Å². The quantitative estimate of drug-likeness (QED) is 0.359. The molecule has 0 saturated carbocycles. The van der Waals surface area contributed by atoms with Crippen molar-refractivity contribution in [2.45, 2.75) is 26.4 Å². The van der Waals surface area contributed by atoms with E-state index < -0.39 is 6.10 Å². The van der Waals surface area contributed by atoms with E-state index in [1.807, 2.05) is 32.0 Å². The van der Waals surface area contributed by atoms with Gasteiger partial charge >= 0.3 is 0 Å².